The fourth-order valence-electron chi connectivity index (χ4n) is 1.88. The summed E-state index contributed by atoms with van der Waals surface area (Å²) in [6, 6.07) is 6.28. The van der Waals surface area contributed by atoms with Crippen molar-refractivity contribution in [3.05, 3.63) is 23.8 Å². The normalized spacial score (nSPS) is 16.9. The van der Waals surface area contributed by atoms with Gasteiger partial charge in [0.1, 0.15) is 0 Å². The molecule has 0 atom stereocenters. The van der Waals surface area contributed by atoms with E-state index in [0.29, 0.717) is 19.3 Å². The fourth-order valence-corrected chi connectivity index (χ4v) is 1.88. The molecule has 0 aromatic heterocycles. The SMILES string of the molecule is O=C(CCc1ccc2c(c1)OCO2)NC1CC1. The Balaban J connectivity index is 1.55. The number of hydrogen-bond acceptors (Lipinski definition) is 3. The Bertz CT molecular complexity index is 440. The van der Waals surface area contributed by atoms with Crippen molar-refractivity contribution in [1.82, 2.24) is 5.32 Å². The standard InChI is InChI=1S/C13H15NO3/c15-13(14-10-3-4-10)6-2-9-1-5-11-12(7-9)17-8-16-11/h1,5,7,10H,2-4,6,8H2,(H,14,15). The molecule has 1 saturated carbocycles. The molecule has 1 aromatic rings. The van der Waals surface area contributed by atoms with E-state index in [9.17, 15) is 4.79 Å². The van der Waals surface area contributed by atoms with E-state index < -0.39 is 0 Å². The summed E-state index contributed by atoms with van der Waals surface area (Å²) < 4.78 is 10.5. The number of carbonyl (C=O) groups is 1. The lowest BCUT2D eigenvalue weighted by Crippen LogP contribution is -2.25. The monoisotopic (exact) mass is 233 g/mol. The highest BCUT2D eigenvalue weighted by atomic mass is 16.7. The van der Waals surface area contributed by atoms with E-state index in [-0.39, 0.29) is 5.91 Å². The van der Waals surface area contributed by atoms with Crippen LogP contribution in [0.3, 0.4) is 0 Å². The second-order valence-corrected chi connectivity index (χ2v) is 4.53. The minimum Gasteiger partial charge on any atom is -0.454 e. The molecule has 0 bridgehead atoms. The third kappa shape index (κ3) is 2.52. The highest BCUT2D eigenvalue weighted by molar-refractivity contribution is 5.76. The Kier molecular flexibility index (Phi) is 2.63. The lowest BCUT2D eigenvalue weighted by molar-refractivity contribution is -0.121. The van der Waals surface area contributed by atoms with Gasteiger partial charge in [-0.2, -0.15) is 0 Å². The van der Waals surface area contributed by atoms with Gasteiger partial charge in [0.15, 0.2) is 11.5 Å². The van der Waals surface area contributed by atoms with Crippen LogP contribution in [0.2, 0.25) is 0 Å². The molecule has 1 N–H and O–H groups in total. The first-order chi connectivity index (χ1) is 8.31. The number of rotatable bonds is 4. The number of amides is 1. The van der Waals surface area contributed by atoms with Crippen molar-refractivity contribution in [3.63, 3.8) is 0 Å². The van der Waals surface area contributed by atoms with E-state index in [4.69, 9.17) is 9.47 Å². The van der Waals surface area contributed by atoms with Gasteiger partial charge in [0, 0.05) is 12.5 Å². The number of hydrogen-bond donors (Lipinski definition) is 1. The number of fused-ring (bicyclic) bond motifs is 1. The van der Waals surface area contributed by atoms with Crippen molar-refractivity contribution in [2.45, 2.75) is 31.7 Å². The number of aryl methyl sites for hydroxylation is 1. The molecule has 1 amide bonds. The summed E-state index contributed by atoms with van der Waals surface area (Å²) in [5, 5.41) is 2.98. The van der Waals surface area contributed by atoms with Crippen molar-refractivity contribution in [1.29, 1.82) is 0 Å². The van der Waals surface area contributed by atoms with E-state index in [0.717, 1.165) is 36.3 Å². The van der Waals surface area contributed by atoms with Crippen LogP contribution in [0.15, 0.2) is 18.2 Å². The maximum absolute atomic E-state index is 11.5. The molecule has 2 aliphatic rings. The molecule has 1 aliphatic carbocycles. The number of benzene rings is 1. The first-order valence-corrected chi connectivity index (χ1v) is 5.99. The van der Waals surface area contributed by atoms with Gasteiger partial charge in [0.2, 0.25) is 12.7 Å². The summed E-state index contributed by atoms with van der Waals surface area (Å²) in [5.74, 6) is 1.71. The molecule has 1 fully saturated rings. The third-order valence-corrected chi connectivity index (χ3v) is 3.02. The number of ether oxygens (including phenoxy) is 2. The highest BCUT2D eigenvalue weighted by Crippen LogP contribution is 2.32. The highest BCUT2D eigenvalue weighted by Gasteiger charge is 2.23. The average Bonchev–Trinajstić information content (AvgIpc) is 3.01. The van der Waals surface area contributed by atoms with Crippen LogP contribution in [-0.2, 0) is 11.2 Å². The molecule has 90 valence electrons. The zero-order chi connectivity index (χ0) is 11.7. The number of nitrogens with one attached hydrogen (secondary N) is 1. The van der Waals surface area contributed by atoms with Crippen LogP contribution in [0.4, 0.5) is 0 Å². The van der Waals surface area contributed by atoms with Gasteiger partial charge < -0.3 is 14.8 Å². The Morgan fingerprint density at radius 1 is 1.29 bits per heavy atom. The topological polar surface area (TPSA) is 47.6 Å². The predicted molar refractivity (Wildman–Crippen MR) is 62.1 cm³/mol. The van der Waals surface area contributed by atoms with Gasteiger partial charge in [-0.1, -0.05) is 6.07 Å². The first-order valence-electron chi connectivity index (χ1n) is 5.99. The molecule has 4 nitrogen and oxygen atoms in total. The molecule has 4 heteroatoms. The Morgan fingerprint density at radius 2 is 2.12 bits per heavy atom. The van der Waals surface area contributed by atoms with Gasteiger partial charge >= 0.3 is 0 Å². The van der Waals surface area contributed by atoms with Crippen molar-refractivity contribution in [2.24, 2.45) is 0 Å². The predicted octanol–water partition coefficient (Wildman–Crippen LogP) is 1.63. The largest absolute Gasteiger partial charge is 0.454 e. The van der Waals surface area contributed by atoms with E-state index in [2.05, 4.69) is 5.32 Å². The lowest BCUT2D eigenvalue weighted by Gasteiger charge is -2.04. The molecule has 0 radical (unpaired) electrons. The van der Waals surface area contributed by atoms with Gasteiger partial charge in [-0.15, -0.1) is 0 Å². The minimum atomic E-state index is 0.144. The second kappa shape index (κ2) is 4.28. The summed E-state index contributed by atoms with van der Waals surface area (Å²) in [6.45, 7) is 0.293. The third-order valence-electron chi connectivity index (χ3n) is 3.02. The Morgan fingerprint density at radius 3 is 2.94 bits per heavy atom. The molecule has 17 heavy (non-hydrogen) atoms. The lowest BCUT2D eigenvalue weighted by atomic mass is 10.1. The van der Waals surface area contributed by atoms with Gasteiger partial charge in [-0.25, -0.2) is 0 Å². The molecule has 3 rings (SSSR count). The van der Waals surface area contributed by atoms with Crippen molar-refractivity contribution >= 4 is 5.91 Å². The first kappa shape index (κ1) is 10.4. The van der Waals surface area contributed by atoms with Crippen molar-refractivity contribution in [3.8, 4) is 11.5 Å². The van der Waals surface area contributed by atoms with Gasteiger partial charge in [0.05, 0.1) is 0 Å². The Labute approximate surface area is 99.9 Å². The van der Waals surface area contributed by atoms with E-state index in [1.54, 1.807) is 0 Å². The molecular weight excluding hydrogens is 218 g/mol. The van der Waals surface area contributed by atoms with Crippen LogP contribution in [-0.4, -0.2) is 18.7 Å². The van der Waals surface area contributed by atoms with Crippen LogP contribution < -0.4 is 14.8 Å². The van der Waals surface area contributed by atoms with Crippen molar-refractivity contribution in [2.75, 3.05) is 6.79 Å². The maximum atomic E-state index is 11.5. The summed E-state index contributed by atoms with van der Waals surface area (Å²) >= 11 is 0. The molecule has 0 spiro atoms. The van der Waals surface area contributed by atoms with Crippen LogP contribution in [0.25, 0.3) is 0 Å². The molecule has 1 aromatic carbocycles. The molecule has 1 aliphatic heterocycles. The molecule has 1 heterocycles. The van der Waals surface area contributed by atoms with Crippen LogP contribution in [0.5, 0.6) is 11.5 Å². The molecule has 0 saturated heterocycles. The summed E-state index contributed by atoms with van der Waals surface area (Å²) in [5.41, 5.74) is 1.11. The van der Waals surface area contributed by atoms with Crippen LogP contribution in [0, 0.1) is 0 Å². The van der Waals surface area contributed by atoms with E-state index in [1.165, 1.54) is 0 Å². The number of carbonyl (C=O) groups excluding carboxylic acids is 1. The summed E-state index contributed by atoms with van der Waals surface area (Å²) in [4.78, 5) is 11.5. The van der Waals surface area contributed by atoms with Crippen LogP contribution >= 0.6 is 0 Å². The van der Waals surface area contributed by atoms with Gasteiger partial charge in [-0.05, 0) is 37.0 Å². The van der Waals surface area contributed by atoms with Crippen molar-refractivity contribution < 1.29 is 14.3 Å². The Hall–Kier alpha value is -1.71. The zero-order valence-electron chi connectivity index (χ0n) is 9.57. The summed E-state index contributed by atoms with van der Waals surface area (Å²) in [6.07, 6.45) is 3.55. The molecular formula is C13H15NO3. The van der Waals surface area contributed by atoms with E-state index >= 15 is 0 Å². The van der Waals surface area contributed by atoms with Gasteiger partial charge in [-0.3, -0.25) is 4.79 Å². The second-order valence-electron chi connectivity index (χ2n) is 4.53. The molecule has 0 unspecified atom stereocenters. The fraction of sp³-hybridized carbons (Fsp3) is 0.462. The smallest absolute Gasteiger partial charge is 0.231 e. The van der Waals surface area contributed by atoms with Gasteiger partial charge in [0.25, 0.3) is 0 Å². The minimum absolute atomic E-state index is 0.144. The quantitative estimate of drug-likeness (QED) is 0.859. The average molecular weight is 233 g/mol. The van der Waals surface area contributed by atoms with Crippen LogP contribution in [0.1, 0.15) is 24.8 Å². The summed E-state index contributed by atoms with van der Waals surface area (Å²) in [7, 11) is 0. The maximum Gasteiger partial charge on any atom is 0.231 e. The van der Waals surface area contributed by atoms with E-state index in [1.807, 2.05) is 18.2 Å². The zero-order valence-corrected chi connectivity index (χ0v) is 9.57.